The predicted molar refractivity (Wildman–Crippen MR) is 108 cm³/mol. The summed E-state index contributed by atoms with van der Waals surface area (Å²) in [6.07, 6.45) is 4.36. The maximum Gasteiger partial charge on any atom is 0.341 e. The van der Waals surface area contributed by atoms with Crippen LogP contribution in [0, 0.1) is 6.92 Å². The minimum Gasteiger partial charge on any atom is -0.493 e. The number of benzene rings is 2. The average Bonchev–Trinajstić information content (AvgIpc) is 2.71. The van der Waals surface area contributed by atoms with Crippen LogP contribution in [0.5, 0.6) is 11.5 Å². The Morgan fingerprint density at radius 1 is 1.07 bits per heavy atom. The molecule has 3 rings (SSSR count). The fraction of sp³-hybridized carbons (Fsp3) is 0.143. The van der Waals surface area contributed by atoms with E-state index in [2.05, 4.69) is 9.72 Å². The van der Waals surface area contributed by atoms with Crippen LogP contribution in [-0.2, 0) is 19.6 Å². The third-order valence-corrected chi connectivity index (χ3v) is 5.35. The molecule has 0 aliphatic rings. The summed E-state index contributed by atoms with van der Waals surface area (Å²) in [4.78, 5) is 15.4. The molecule has 0 fully saturated rings. The second-order valence-corrected chi connectivity index (χ2v) is 7.66. The summed E-state index contributed by atoms with van der Waals surface area (Å²) in [6, 6.07) is 11.3. The second-order valence-electron chi connectivity index (χ2n) is 6.14. The number of methoxy groups -OCH3 is 2. The first kappa shape index (κ1) is 20.3. The highest BCUT2D eigenvalue weighted by Crippen LogP contribution is 2.32. The third-order valence-electron chi connectivity index (χ3n) is 4.08. The molecule has 0 saturated carbocycles. The SMILES string of the molecule is COC(=O)/C=C/c1ccc(OS(=O)(=O)c2cccc3cc(C)cnc23)c(OC)c1. The number of fused-ring (bicyclic) bond motifs is 1. The number of carbonyl (C=O) groups is 1. The lowest BCUT2D eigenvalue weighted by Gasteiger charge is -2.12. The van der Waals surface area contributed by atoms with Crippen molar-refractivity contribution in [3.05, 3.63) is 65.9 Å². The summed E-state index contributed by atoms with van der Waals surface area (Å²) in [6.45, 7) is 1.88. The molecule has 7 nitrogen and oxygen atoms in total. The summed E-state index contributed by atoms with van der Waals surface area (Å²) in [7, 11) is -1.49. The first-order valence-corrected chi connectivity index (χ1v) is 9.99. The molecule has 0 aliphatic carbocycles. The molecule has 0 N–H and O–H groups in total. The number of carbonyl (C=O) groups excluding carboxylic acids is 1. The minimum absolute atomic E-state index is 0.0202. The summed E-state index contributed by atoms with van der Waals surface area (Å²) in [5.41, 5.74) is 1.86. The second kappa shape index (κ2) is 8.32. The van der Waals surface area contributed by atoms with Gasteiger partial charge in [0.15, 0.2) is 11.5 Å². The fourth-order valence-electron chi connectivity index (χ4n) is 2.70. The van der Waals surface area contributed by atoms with Gasteiger partial charge >= 0.3 is 16.1 Å². The van der Waals surface area contributed by atoms with Gasteiger partial charge in [-0.3, -0.25) is 4.98 Å². The van der Waals surface area contributed by atoms with Gasteiger partial charge in [0.05, 0.1) is 19.7 Å². The van der Waals surface area contributed by atoms with E-state index in [9.17, 15) is 13.2 Å². The molecule has 2 aromatic carbocycles. The quantitative estimate of drug-likeness (QED) is 0.347. The van der Waals surface area contributed by atoms with Crippen molar-refractivity contribution in [3.8, 4) is 11.5 Å². The van der Waals surface area contributed by atoms with Gasteiger partial charge in [-0.25, -0.2) is 4.79 Å². The maximum atomic E-state index is 12.9. The van der Waals surface area contributed by atoms with E-state index < -0.39 is 16.1 Å². The van der Waals surface area contributed by atoms with E-state index in [0.29, 0.717) is 16.5 Å². The monoisotopic (exact) mass is 413 g/mol. The van der Waals surface area contributed by atoms with Crippen molar-refractivity contribution in [1.82, 2.24) is 4.98 Å². The molecule has 150 valence electrons. The number of pyridine rings is 1. The van der Waals surface area contributed by atoms with Crippen molar-refractivity contribution in [3.63, 3.8) is 0 Å². The molecule has 0 radical (unpaired) electrons. The van der Waals surface area contributed by atoms with E-state index >= 15 is 0 Å². The molecule has 0 unspecified atom stereocenters. The number of para-hydroxylation sites is 1. The Labute approximate surface area is 168 Å². The normalized spacial score (nSPS) is 11.6. The number of aromatic nitrogens is 1. The number of nitrogens with zero attached hydrogens (tertiary/aromatic N) is 1. The van der Waals surface area contributed by atoms with Crippen LogP contribution < -0.4 is 8.92 Å². The van der Waals surface area contributed by atoms with E-state index in [4.69, 9.17) is 8.92 Å². The van der Waals surface area contributed by atoms with Crippen LogP contribution in [-0.4, -0.2) is 33.6 Å². The molecule has 29 heavy (non-hydrogen) atoms. The highest BCUT2D eigenvalue weighted by Gasteiger charge is 2.22. The molecule has 0 amide bonds. The van der Waals surface area contributed by atoms with Gasteiger partial charge in [-0.2, -0.15) is 8.42 Å². The van der Waals surface area contributed by atoms with E-state index in [1.165, 1.54) is 38.5 Å². The first-order valence-electron chi connectivity index (χ1n) is 8.58. The number of ether oxygens (including phenoxy) is 2. The molecular formula is C21H19NO6S. The lowest BCUT2D eigenvalue weighted by atomic mass is 10.2. The van der Waals surface area contributed by atoms with E-state index in [1.807, 2.05) is 13.0 Å². The van der Waals surface area contributed by atoms with Crippen molar-refractivity contribution in [2.24, 2.45) is 0 Å². The van der Waals surface area contributed by atoms with Gasteiger partial charge in [0.2, 0.25) is 0 Å². The van der Waals surface area contributed by atoms with Crippen LogP contribution in [0.3, 0.4) is 0 Å². The molecular weight excluding hydrogens is 394 g/mol. The van der Waals surface area contributed by atoms with Crippen LogP contribution in [0.4, 0.5) is 0 Å². The van der Waals surface area contributed by atoms with E-state index in [0.717, 1.165) is 5.56 Å². The minimum atomic E-state index is -4.16. The standard InChI is InChI=1S/C21H19NO6S/c1-14-11-16-5-4-6-19(21(16)22-13-14)29(24,25)28-17-9-7-15(12-18(17)26-2)8-10-20(23)27-3/h4-13H,1-3H3/b10-8+. The Hall–Kier alpha value is -3.39. The Kier molecular flexibility index (Phi) is 5.84. The number of rotatable bonds is 6. The van der Waals surface area contributed by atoms with E-state index in [-0.39, 0.29) is 16.4 Å². The zero-order valence-corrected chi connectivity index (χ0v) is 16.9. The van der Waals surface area contributed by atoms with Crippen molar-refractivity contribution >= 4 is 33.1 Å². The highest BCUT2D eigenvalue weighted by molar-refractivity contribution is 7.87. The van der Waals surface area contributed by atoms with Crippen molar-refractivity contribution in [2.75, 3.05) is 14.2 Å². The van der Waals surface area contributed by atoms with Crippen molar-refractivity contribution in [2.45, 2.75) is 11.8 Å². The molecule has 1 heterocycles. The zero-order valence-electron chi connectivity index (χ0n) is 16.1. The molecule has 8 heteroatoms. The van der Waals surface area contributed by atoms with Crippen LogP contribution in [0.15, 0.2) is 59.6 Å². The third kappa shape index (κ3) is 4.55. The summed E-state index contributed by atoms with van der Waals surface area (Å²) in [5, 5.41) is 0.699. The molecule has 0 bridgehead atoms. The maximum absolute atomic E-state index is 12.9. The Morgan fingerprint density at radius 3 is 2.59 bits per heavy atom. The van der Waals surface area contributed by atoms with Crippen LogP contribution in [0.2, 0.25) is 0 Å². The molecule has 0 aliphatic heterocycles. The smallest absolute Gasteiger partial charge is 0.341 e. The van der Waals surface area contributed by atoms with Gasteiger partial charge in [0, 0.05) is 17.7 Å². The predicted octanol–water partition coefficient (Wildman–Crippen LogP) is 3.51. The van der Waals surface area contributed by atoms with Gasteiger partial charge in [0.25, 0.3) is 0 Å². The average molecular weight is 413 g/mol. The Bertz CT molecular complexity index is 1200. The highest BCUT2D eigenvalue weighted by atomic mass is 32.2. The van der Waals surface area contributed by atoms with Gasteiger partial charge in [-0.15, -0.1) is 0 Å². The lowest BCUT2D eigenvalue weighted by Crippen LogP contribution is -2.11. The Morgan fingerprint density at radius 2 is 1.86 bits per heavy atom. The van der Waals surface area contributed by atoms with Crippen LogP contribution >= 0.6 is 0 Å². The van der Waals surface area contributed by atoms with Crippen LogP contribution in [0.1, 0.15) is 11.1 Å². The Balaban J connectivity index is 1.97. The molecule has 0 saturated heterocycles. The summed E-state index contributed by atoms with van der Waals surface area (Å²) < 4.78 is 41.0. The van der Waals surface area contributed by atoms with Gasteiger partial charge < -0.3 is 13.7 Å². The van der Waals surface area contributed by atoms with Gasteiger partial charge in [-0.05, 0) is 48.4 Å². The van der Waals surface area contributed by atoms with Gasteiger partial charge in [-0.1, -0.05) is 18.2 Å². The topological polar surface area (TPSA) is 91.8 Å². The van der Waals surface area contributed by atoms with Gasteiger partial charge in [0.1, 0.15) is 4.90 Å². The summed E-state index contributed by atoms with van der Waals surface area (Å²) >= 11 is 0. The van der Waals surface area contributed by atoms with Crippen LogP contribution in [0.25, 0.3) is 17.0 Å². The number of hydrogen-bond acceptors (Lipinski definition) is 7. The lowest BCUT2D eigenvalue weighted by molar-refractivity contribution is -0.134. The van der Waals surface area contributed by atoms with Crippen molar-refractivity contribution < 1.29 is 26.9 Å². The molecule has 1 aromatic heterocycles. The molecule has 0 atom stereocenters. The first-order chi connectivity index (χ1) is 13.8. The molecule has 3 aromatic rings. The number of aryl methyl sites for hydroxylation is 1. The molecule has 0 spiro atoms. The number of hydrogen-bond donors (Lipinski definition) is 0. The fourth-order valence-corrected chi connectivity index (χ4v) is 3.81. The number of esters is 1. The largest absolute Gasteiger partial charge is 0.493 e. The van der Waals surface area contributed by atoms with Crippen molar-refractivity contribution in [1.29, 1.82) is 0 Å². The summed E-state index contributed by atoms with van der Waals surface area (Å²) in [5.74, 6) is -0.290. The zero-order chi connectivity index (χ0) is 21.0. The van der Waals surface area contributed by atoms with E-state index in [1.54, 1.807) is 30.5 Å².